The average Bonchev–Trinajstić information content (AvgIpc) is 3.42. The molecular formula is C28H26N4O3S2. The molecule has 1 aliphatic heterocycles. The fourth-order valence-electron chi connectivity index (χ4n) is 4.06. The van der Waals surface area contributed by atoms with E-state index < -0.39 is 5.92 Å². The first-order valence-corrected chi connectivity index (χ1v) is 13.4. The smallest absolute Gasteiger partial charge is 0.254 e. The molecule has 1 atom stereocenters. The van der Waals surface area contributed by atoms with Crippen molar-refractivity contribution in [3.8, 4) is 11.8 Å². The summed E-state index contributed by atoms with van der Waals surface area (Å²) in [6.45, 7) is 3.76. The van der Waals surface area contributed by atoms with Crippen molar-refractivity contribution in [2.45, 2.75) is 19.8 Å². The number of dihydropyridines is 1. The number of hydrogen-bond acceptors (Lipinski definition) is 7. The standard InChI is InChI=1S/C28H26N4O3S2/c1-17-8-6-9-19(14-17)31-24(33)16-37-28-20(15-29)26(23-12-7-13-36-23)25(18(2)30-28)27(34)32-21-10-4-5-11-22(21)35-3/h4-14,26,30H,16H2,1-3H3,(H,31,33)(H,32,34)/t26-/m1/s1. The third-order valence-corrected chi connectivity index (χ3v) is 7.68. The minimum absolute atomic E-state index is 0.106. The fraction of sp³-hybridized carbons (Fsp3) is 0.179. The highest BCUT2D eigenvalue weighted by atomic mass is 32.2. The van der Waals surface area contributed by atoms with Gasteiger partial charge in [-0.3, -0.25) is 9.59 Å². The molecule has 0 saturated heterocycles. The van der Waals surface area contributed by atoms with Gasteiger partial charge in [-0.25, -0.2) is 0 Å². The van der Waals surface area contributed by atoms with E-state index in [1.165, 1.54) is 23.1 Å². The third-order valence-electron chi connectivity index (χ3n) is 5.72. The Bertz CT molecular complexity index is 1420. The quantitative estimate of drug-likeness (QED) is 0.342. The number of benzene rings is 2. The molecule has 0 aliphatic carbocycles. The molecule has 3 aromatic rings. The Balaban J connectivity index is 1.59. The lowest BCUT2D eigenvalue weighted by atomic mass is 9.86. The van der Waals surface area contributed by atoms with Gasteiger partial charge in [0.15, 0.2) is 0 Å². The molecule has 0 unspecified atom stereocenters. The Hall–Kier alpha value is -4.00. The SMILES string of the molecule is COc1ccccc1NC(=O)C1=C(C)NC(SCC(=O)Nc2cccc(C)c2)=C(C#N)[C@@H]1c1cccs1. The van der Waals surface area contributed by atoms with Crippen molar-refractivity contribution >= 4 is 46.3 Å². The number of methoxy groups -OCH3 is 1. The molecular weight excluding hydrogens is 504 g/mol. The lowest BCUT2D eigenvalue weighted by Gasteiger charge is -2.29. The summed E-state index contributed by atoms with van der Waals surface area (Å²) in [5, 5.41) is 21.7. The normalized spacial score (nSPS) is 15.0. The molecule has 2 aromatic carbocycles. The predicted octanol–water partition coefficient (Wildman–Crippen LogP) is 5.77. The van der Waals surface area contributed by atoms with E-state index in [4.69, 9.17) is 4.74 Å². The van der Waals surface area contributed by atoms with Gasteiger partial charge in [-0.15, -0.1) is 11.3 Å². The Morgan fingerprint density at radius 3 is 2.62 bits per heavy atom. The van der Waals surface area contributed by atoms with Crippen LogP contribution in [-0.2, 0) is 9.59 Å². The first-order valence-electron chi connectivity index (χ1n) is 11.5. The first-order chi connectivity index (χ1) is 17.9. The summed E-state index contributed by atoms with van der Waals surface area (Å²) in [5.74, 6) is -0.437. The van der Waals surface area contributed by atoms with E-state index in [0.29, 0.717) is 33.3 Å². The highest BCUT2D eigenvalue weighted by Crippen LogP contribution is 2.42. The van der Waals surface area contributed by atoms with Crippen molar-refractivity contribution in [2.24, 2.45) is 0 Å². The molecule has 4 rings (SSSR count). The van der Waals surface area contributed by atoms with Gasteiger partial charge < -0.3 is 20.7 Å². The Morgan fingerprint density at radius 2 is 1.92 bits per heavy atom. The number of thioether (sulfide) groups is 1. The zero-order valence-electron chi connectivity index (χ0n) is 20.6. The molecule has 7 nitrogen and oxygen atoms in total. The van der Waals surface area contributed by atoms with Crippen LogP contribution in [-0.4, -0.2) is 24.7 Å². The maximum Gasteiger partial charge on any atom is 0.254 e. The zero-order chi connectivity index (χ0) is 26.4. The van der Waals surface area contributed by atoms with Crippen LogP contribution in [0.1, 0.15) is 23.3 Å². The lowest BCUT2D eigenvalue weighted by Crippen LogP contribution is -2.31. The van der Waals surface area contributed by atoms with Crippen LogP contribution >= 0.6 is 23.1 Å². The van der Waals surface area contributed by atoms with Crippen molar-refractivity contribution in [2.75, 3.05) is 23.5 Å². The molecule has 37 heavy (non-hydrogen) atoms. The second kappa shape index (κ2) is 11.8. The number of ether oxygens (including phenoxy) is 1. The summed E-state index contributed by atoms with van der Waals surface area (Å²) in [7, 11) is 1.54. The highest BCUT2D eigenvalue weighted by Gasteiger charge is 2.35. The van der Waals surface area contributed by atoms with Gasteiger partial charge in [0, 0.05) is 21.8 Å². The number of para-hydroxylation sites is 2. The zero-order valence-corrected chi connectivity index (χ0v) is 22.3. The maximum absolute atomic E-state index is 13.6. The van der Waals surface area contributed by atoms with Gasteiger partial charge in [-0.05, 0) is 55.1 Å². The van der Waals surface area contributed by atoms with Gasteiger partial charge in [0.25, 0.3) is 5.91 Å². The van der Waals surface area contributed by atoms with E-state index in [1.54, 1.807) is 26.2 Å². The van der Waals surface area contributed by atoms with Crippen LogP contribution in [0.5, 0.6) is 5.75 Å². The molecule has 2 amide bonds. The number of allylic oxidation sites excluding steroid dienone is 2. The second-order valence-corrected chi connectivity index (χ2v) is 10.3. The number of thiophene rings is 1. The largest absolute Gasteiger partial charge is 0.495 e. The van der Waals surface area contributed by atoms with Crippen molar-refractivity contribution in [3.05, 3.63) is 98.4 Å². The molecule has 0 bridgehead atoms. The topological polar surface area (TPSA) is 103 Å². The molecule has 188 valence electrons. The van der Waals surface area contributed by atoms with Gasteiger partial charge in [-0.1, -0.05) is 42.1 Å². The van der Waals surface area contributed by atoms with Crippen molar-refractivity contribution in [3.63, 3.8) is 0 Å². The molecule has 0 radical (unpaired) electrons. The summed E-state index contributed by atoms with van der Waals surface area (Å²) in [6, 6.07) is 20.8. The van der Waals surface area contributed by atoms with Crippen LogP contribution < -0.4 is 20.7 Å². The number of anilines is 2. The average molecular weight is 531 g/mol. The van der Waals surface area contributed by atoms with Crippen LogP contribution in [0.3, 0.4) is 0 Å². The molecule has 1 aliphatic rings. The first kappa shape index (κ1) is 26.1. The van der Waals surface area contributed by atoms with Crippen LogP contribution in [0.25, 0.3) is 0 Å². The van der Waals surface area contributed by atoms with Gasteiger partial charge in [-0.2, -0.15) is 5.26 Å². The molecule has 1 aromatic heterocycles. The number of rotatable bonds is 8. The second-order valence-electron chi connectivity index (χ2n) is 8.33. The Kier molecular flexibility index (Phi) is 8.33. The van der Waals surface area contributed by atoms with Gasteiger partial charge >= 0.3 is 0 Å². The maximum atomic E-state index is 13.6. The number of nitrogens with one attached hydrogen (secondary N) is 3. The van der Waals surface area contributed by atoms with Gasteiger partial charge in [0.1, 0.15) is 5.75 Å². The Morgan fingerprint density at radius 1 is 1.11 bits per heavy atom. The van der Waals surface area contributed by atoms with E-state index in [9.17, 15) is 14.9 Å². The summed E-state index contributed by atoms with van der Waals surface area (Å²) in [5.41, 5.74) is 3.76. The van der Waals surface area contributed by atoms with Crippen LogP contribution in [0.4, 0.5) is 11.4 Å². The number of nitriles is 1. The fourth-order valence-corrected chi connectivity index (χ4v) is 5.80. The van der Waals surface area contributed by atoms with E-state index >= 15 is 0 Å². The van der Waals surface area contributed by atoms with Gasteiger partial charge in [0.05, 0.1) is 41.1 Å². The molecule has 2 heterocycles. The van der Waals surface area contributed by atoms with Crippen LogP contribution in [0, 0.1) is 18.3 Å². The summed E-state index contributed by atoms with van der Waals surface area (Å²) < 4.78 is 5.38. The number of carbonyl (C=O) groups excluding carboxylic acids is 2. The number of aryl methyl sites for hydroxylation is 1. The van der Waals surface area contributed by atoms with Crippen molar-refractivity contribution in [1.29, 1.82) is 5.26 Å². The third kappa shape index (κ3) is 6.05. The van der Waals surface area contributed by atoms with E-state index in [2.05, 4.69) is 22.0 Å². The minimum atomic E-state index is -0.566. The van der Waals surface area contributed by atoms with E-state index in [0.717, 1.165) is 16.1 Å². The number of amides is 2. The lowest BCUT2D eigenvalue weighted by molar-refractivity contribution is -0.114. The summed E-state index contributed by atoms with van der Waals surface area (Å²) >= 11 is 2.72. The monoisotopic (exact) mass is 530 g/mol. The number of hydrogen-bond donors (Lipinski definition) is 3. The minimum Gasteiger partial charge on any atom is -0.495 e. The van der Waals surface area contributed by atoms with Crippen molar-refractivity contribution < 1.29 is 14.3 Å². The van der Waals surface area contributed by atoms with Gasteiger partial charge in [0.2, 0.25) is 5.91 Å². The van der Waals surface area contributed by atoms with Crippen LogP contribution in [0.2, 0.25) is 0 Å². The summed E-state index contributed by atoms with van der Waals surface area (Å²) in [4.78, 5) is 27.1. The molecule has 0 fully saturated rings. The number of carbonyl (C=O) groups is 2. The molecule has 0 spiro atoms. The molecule has 0 saturated carbocycles. The molecule has 9 heteroatoms. The highest BCUT2D eigenvalue weighted by molar-refractivity contribution is 8.03. The number of nitrogens with zero attached hydrogens (tertiary/aromatic N) is 1. The van der Waals surface area contributed by atoms with E-state index in [-0.39, 0.29) is 17.6 Å². The van der Waals surface area contributed by atoms with Crippen molar-refractivity contribution in [1.82, 2.24) is 5.32 Å². The Labute approximate surface area is 224 Å². The van der Waals surface area contributed by atoms with Crippen LogP contribution in [0.15, 0.2) is 87.9 Å². The molecule has 3 N–H and O–H groups in total. The summed E-state index contributed by atoms with van der Waals surface area (Å²) in [6.07, 6.45) is 0. The predicted molar refractivity (Wildman–Crippen MR) is 149 cm³/mol. The van der Waals surface area contributed by atoms with E-state index in [1.807, 2.05) is 60.8 Å².